The topological polar surface area (TPSA) is 70.0 Å². The minimum Gasteiger partial charge on any atom is -0.379 e. The molecule has 0 radical (unpaired) electrons. The third-order valence-corrected chi connectivity index (χ3v) is 4.24. The van der Waals surface area contributed by atoms with Crippen molar-refractivity contribution in [1.29, 1.82) is 0 Å². The summed E-state index contributed by atoms with van der Waals surface area (Å²) >= 11 is 0. The van der Waals surface area contributed by atoms with Gasteiger partial charge in [0.2, 0.25) is 0 Å². The van der Waals surface area contributed by atoms with Gasteiger partial charge in [-0.05, 0) is 14.1 Å². The van der Waals surface area contributed by atoms with Gasteiger partial charge in [-0.3, -0.25) is 14.6 Å². The van der Waals surface area contributed by atoms with Crippen LogP contribution in [0.4, 0.5) is 0 Å². The van der Waals surface area contributed by atoms with Crippen molar-refractivity contribution in [3.8, 4) is 0 Å². The van der Waals surface area contributed by atoms with Crippen LogP contribution < -0.4 is 10.6 Å². The molecule has 1 unspecified atom stereocenters. The highest BCUT2D eigenvalue weighted by molar-refractivity contribution is 14.0. The van der Waals surface area contributed by atoms with Gasteiger partial charge in [-0.1, -0.05) is 0 Å². The average Bonchev–Trinajstić information content (AvgIpc) is 3.00. The summed E-state index contributed by atoms with van der Waals surface area (Å²) in [5.74, 6) is 0.832. The Labute approximate surface area is 168 Å². The lowest BCUT2D eigenvalue weighted by molar-refractivity contribution is 0.0389. The number of nitrogens with zero attached hydrogens (tertiary/aromatic N) is 5. The standard InChI is InChI=1S/C16H31N7O.HI/c1-17-16(18-5-6-23-7-9-24-10-8-23)19-12-15(21(2)3)14-11-20-22(4)13-14;/h11,13,15H,5-10,12H2,1-4H3,(H2,17,18,19);1H. The summed E-state index contributed by atoms with van der Waals surface area (Å²) in [4.78, 5) is 8.90. The molecule has 0 spiro atoms. The van der Waals surface area contributed by atoms with Crippen molar-refractivity contribution in [3.63, 3.8) is 0 Å². The number of morpholine rings is 1. The molecule has 1 aliphatic rings. The van der Waals surface area contributed by atoms with Gasteiger partial charge in [0.05, 0.1) is 25.5 Å². The average molecular weight is 465 g/mol. The van der Waals surface area contributed by atoms with Gasteiger partial charge < -0.3 is 20.3 Å². The van der Waals surface area contributed by atoms with Crippen LogP contribution in [0.5, 0.6) is 0 Å². The van der Waals surface area contributed by atoms with Crippen LogP contribution in [0.3, 0.4) is 0 Å². The first-order chi connectivity index (χ1) is 11.6. The smallest absolute Gasteiger partial charge is 0.191 e. The first kappa shape index (κ1) is 22.1. The Hall–Kier alpha value is -0.910. The van der Waals surface area contributed by atoms with E-state index in [2.05, 4.69) is 50.8 Å². The Kier molecular flexibility index (Phi) is 10.3. The molecule has 144 valence electrons. The number of ether oxygens (including phenoxy) is 1. The number of guanidine groups is 1. The number of aliphatic imine (C=N–C) groups is 1. The monoisotopic (exact) mass is 465 g/mol. The summed E-state index contributed by atoms with van der Waals surface area (Å²) in [7, 11) is 7.90. The fourth-order valence-corrected chi connectivity index (χ4v) is 2.78. The number of aryl methyl sites for hydroxylation is 1. The summed E-state index contributed by atoms with van der Waals surface area (Å²) in [5.41, 5.74) is 1.19. The number of halogens is 1. The van der Waals surface area contributed by atoms with E-state index in [1.54, 1.807) is 7.05 Å². The minimum absolute atomic E-state index is 0. The van der Waals surface area contributed by atoms with Crippen molar-refractivity contribution >= 4 is 29.9 Å². The molecule has 0 aromatic carbocycles. The summed E-state index contributed by atoms with van der Waals surface area (Å²) in [6.45, 7) is 6.35. The van der Waals surface area contributed by atoms with Crippen molar-refractivity contribution in [2.75, 3.05) is 67.1 Å². The molecule has 0 aliphatic carbocycles. The first-order valence-electron chi connectivity index (χ1n) is 8.49. The van der Waals surface area contributed by atoms with Gasteiger partial charge in [0, 0.05) is 58.6 Å². The molecule has 9 heteroatoms. The molecule has 0 bridgehead atoms. The maximum Gasteiger partial charge on any atom is 0.191 e. The lowest BCUT2D eigenvalue weighted by Crippen LogP contribution is -2.45. The Morgan fingerprint density at radius 3 is 2.64 bits per heavy atom. The predicted octanol–water partition coefficient (Wildman–Crippen LogP) is 0.138. The van der Waals surface area contributed by atoms with Crippen LogP contribution in [-0.2, 0) is 11.8 Å². The number of aromatic nitrogens is 2. The van der Waals surface area contributed by atoms with E-state index < -0.39 is 0 Å². The predicted molar refractivity (Wildman–Crippen MR) is 112 cm³/mol. The van der Waals surface area contributed by atoms with Gasteiger partial charge in [0.15, 0.2) is 5.96 Å². The van der Waals surface area contributed by atoms with Crippen LogP contribution in [0.25, 0.3) is 0 Å². The third-order valence-electron chi connectivity index (χ3n) is 4.24. The van der Waals surface area contributed by atoms with E-state index in [1.165, 1.54) is 5.56 Å². The number of rotatable bonds is 7. The molecule has 1 atom stereocenters. The van der Waals surface area contributed by atoms with Crippen LogP contribution in [0.1, 0.15) is 11.6 Å². The number of likely N-dealkylation sites (N-methyl/N-ethyl adjacent to an activating group) is 1. The molecule has 8 nitrogen and oxygen atoms in total. The molecule has 0 amide bonds. The van der Waals surface area contributed by atoms with E-state index in [0.29, 0.717) is 0 Å². The second kappa shape index (κ2) is 11.7. The summed E-state index contributed by atoms with van der Waals surface area (Å²) < 4.78 is 7.20. The van der Waals surface area contributed by atoms with E-state index in [4.69, 9.17) is 4.74 Å². The van der Waals surface area contributed by atoms with E-state index >= 15 is 0 Å². The van der Waals surface area contributed by atoms with E-state index in [1.807, 2.05) is 17.9 Å². The quantitative estimate of drug-likeness (QED) is 0.339. The molecular weight excluding hydrogens is 433 g/mol. The van der Waals surface area contributed by atoms with E-state index in [9.17, 15) is 0 Å². The van der Waals surface area contributed by atoms with Crippen LogP contribution >= 0.6 is 24.0 Å². The maximum absolute atomic E-state index is 5.37. The Morgan fingerprint density at radius 2 is 2.08 bits per heavy atom. The lowest BCUT2D eigenvalue weighted by Gasteiger charge is -2.27. The van der Waals surface area contributed by atoms with Crippen molar-refractivity contribution in [1.82, 2.24) is 30.2 Å². The van der Waals surface area contributed by atoms with Crippen molar-refractivity contribution in [2.24, 2.45) is 12.0 Å². The number of nitrogens with one attached hydrogen (secondary N) is 2. The maximum atomic E-state index is 5.37. The number of hydrogen-bond donors (Lipinski definition) is 2. The van der Waals surface area contributed by atoms with Gasteiger partial charge in [0.25, 0.3) is 0 Å². The molecule has 1 saturated heterocycles. The first-order valence-corrected chi connectivity index (χ1v) is 8.49. The van der Waals surface area contributed by atoms with Gasteiger partial charge >= 0.3 is 0 Å². The Morgan fingerprint density at radius 1 is 1.36 bits per heavy atom. The molecule has 1 aromatic heterocycles. The van der Waals surface area contributed by atoms with Gasteiger partial charge in [-0.15, -0.1) is 24.0 Å². The summed E-state index contributed by atoms with van der Waals surface area (Å²) in [6.07, 6.45) is 3.97. The van der Waals surface area contributed by atoms with Gasteiger partial charge in [0.1, 0.15) is 0 Å². The lowest BCUT2D eigenvalue weighted by atomic mass is 10.1. The van der Waals surface area contributed by atoms with Gasteiger partial charge in [-0.25, -0.2) is 0 Å². The zero-order chi connectivity index (χ0) is 17.4. The van der Waals surface area contributed by atoms with Gasteiger partial charge in [-0.2, -0.15) is 5.10 Å². The zero-order valence-corrected chi connectivity index (χ0v) is 18.1. The van der Waals surface area contributed by atoms with Crippen LogP contribution in [0, 0.1) is 0 Å². The van der Waals surface area contributed by atoms with E-state index in [-0.39, 0.29) is 30.0 Å². The van der Waals surface area contributed by atoms with Crippen molar-refractivity contribution in [2.45, 2.75) is 6.04 Å². The van der Waals surface area contributed by atoms with Crippen LogP contribution in [-0.4, -0.2) is 92.6 Å². The highest BCUT2D eigenvalue weighted by Crippen LogP contribution is 2.15. The SMILES string of the molecule is CN=C(NCCN1CCOCC1)NCC(c1cnn(C)c1)N(C)C.I. The molecule has 2 N–H and O–H groups in total. The minimum atomic E-state index is 0. The molecule has 1 fully saturated rings. The Bertz CT molecular complexity index is 514. The molecule has 1 aliphatic heterocycles. The summed E-state index contributed by atoms with van der Waals surface area (Å²) in [5, 5.41) is 11.1. The molecule has 0 saturated carbocycles. The fourth-order valence-electron chi connectivity index (χ4n) is 2.78. The third kappa shape index (κ3) is 7.47. The van der Waals surface area contributed by atoms with Crippen LogP contribution in [0.2, 0.25) is 0 Å². The summed E-state index contributed by atoms with van der Waals surface area (Å²) in [6, 6.07) is 0.247. The fraction of sp³-hybridized carbons (Fsp3) is 0.750. The Balaban J connectivity index is 0.00000312. The second-order valence-electron chi connectivity index (χ2n) is 6.26. The molecular formula is C16H32IN7O. The van der Waals surface area contributed by atoms with Crippen molar-refractivity contribution < 1.29 is 4.74 Å². The molecule has 1 aromatic rings. The number of hydrogen-bond acceptors (Lipinski definition) is 5. The van der Waals surface area contributed by atoms with Crippen molar-refractivity contribution in [3.05, 3.63) is 18.0 Å². The molecule has 2 rings (SSSR count). The highest BCUT2D eigenvalue weighted by atomic mass is 127. The normalized spacial score (nSPS) is 17.2. The zero-order valence-electron chi connectivity index (χ0n) is 15.7. The largest absolute Gasteiger partial charge is 0.379 e. The van der Waals surface area contributed by atoms with Crippen LogP contribution in [0.15, 0.2) is 17.4 Å². The molecule has 25 heavy (non-hydrogen) atoms. The highest BCUT2D eigenvalue weighted by Gasteiger charge is 2.16. The van der Waals surface area contributed by atoms with E-state index in [0.717, 1.165) is 51.9 Å². The molecule has 2 heterocycles. The second-order valence-corrected chi connectivity index (χ2v) is 6.26.